The summed E-state index contributed by atoms with van der Waals surface area (Å²) in [5.41, 5.74) is 1.63. The predicted molar refractivity (Wildman–Crippen MR) is 110 cm³/mol. The van der Waals surface area contributed by atoms with Crippen molar-refractivity contribution < 1.29 is 26.6 Å². The van der Waals surface area contributed by atoms with Gasteiger partial charge < -0.3 is 37.3 Å². The van der Waals surface area contributed by atoms with Crippen LogP contribution in [0.2, 0.25) is 0 Å². The first-order valence-corrected chi connectivity index (χ1v) is 9.38. The average molecular weight is 416 g/mol. The van der Waals surface area contributed by atoms with Crippen molar-refractivity contribution in [3.8, 4) is 11.5 Å². The van der Waals surface area contributed by atoms with E-state index in [1.807, 2.05) is 42.5 Å². The second-order valence-corrected chi connectivity index (χ2v) is 6.62. The molecular weight excluding hydrogens is 392 g/mol. The van der Waals surface area contributed by atoms with Gasteiger partial charge in [0.1, 0.15) is 17.3 Å². The molecule has 7 nitrogen and oxygen atoms in total. The van der Waals surface area contributed by atoms with E-state index in [1.165, 1.54) is 0 Å². The number of nitrogens with one attached hydrogen (secondary N) is 2. The number of benzene rings is 2. The van der Waals surface area contributed by atoms with Gasteiger partial charge in [0.05, 0.1) is 31.5 Å². The number of ether oxygens (including phenoxy) is 3. The molecular formula is C21H24ClN4O3-. The molecule has 8 heteroatoms. The quantitative estimate of drug-likeness (QED) is 0.595. The van der Waals surface area contributed by atoms with Gasteiger partial charge in [-0.15, -0.1) is 0 Å². The molecule has 29 heavy (non-hydrogen) atoms. The van der Waals surface area contributed by atoms with E-state index in [9.17, 15) is 0 Å². The summed E-state index contributed by atoms with van der Waals surface area (Å²) in [6.45, 7) is 1.56. The molecule has 1 unspecified atom stereocenters. The molecule has 0 spiro atoms. The van der Waals surface area contributed by atoms with E-state index in [2.05, 4.69) is 15.6 Å². The van der Waals surface area contributed by atoms with Crippen LogP contribution in [-0.2, 0) is 4.74 Å². The summed E-state index contributed by atoms with van der Waals surface area (Å²) < 4.78 is 16.4. The SMILES string of the molecule is COc1ccc(Nc2nc(NCC3CCCO3)c3ccccc3n2)c(OC)c1.[Cl-]. The minimum absolute atomic E-state index is 0. The minimum atomic E-state index is 0. The lowest BCUT2D eigenvalue weighted by atomic mass is 10.2. The van der Waals surface area contributed by atoms with Crippen molar-refractivity contribution in [3.05, 3.63) is 42.5 Å². The summed E-state index contributed by atoms with van der Waals surface area (Å²) in [5, 5.41) is 7.68. The van der Waals surface area contributed by atoms with Gasteiger partial charge in [-0.2, -0.15) is 4.98 Å². The Kier molecular flexibility index (Phi) is 6.95. The number of rotatable bonds is 7. The van der Waals surface area contributed by atoms with Gasteiger partial charge in [0.2, 0.25) is 5.95 Å². The van der Waals surface area contributed by atoms with Crippen LogP contribution in [0.15, 0.2) is 42.5 Å². The maximum Gasteiger partial charge on any atom is 0.229 e. The number of hydrogen-bond donors (Lipinski definition) is 2. The zero-order chi connectivity index (χ0) is 19.3. The Hall–Kier alpha value is -2.77. The van der Waals surface area contributed by atoms with Gasteiger partial charge in [-0.25, -0.2) is 4.98 Å². The van der Waals surface area contributed by atoms with Gasteiger partial charge in [-0.1, -0.05) is 12.1 Å². The second-order valence-electron chi connectivity index (χ2n) is 6.62. The van der Waals surface area contributed by atoms with Crippen LogP contribution in [0.3, 0.4) is 0 Å². The first kappa shape index (κ1) is 21.0. The number of methoxy groups -OCH3 is 2. The van der Waals surface area contributed by atoms with Crippen molar-refractivity contribution in [2.75, 3.05) is 38.0 Å². The van der Waals surface area contributed by atoms with Gasteiger partial charge in [0.15, 0.2) is 0 Å². The van der Waals surface area contributed by atoms with Crippen LogP contribution in [0.4, 0.5) is 17.5 Å². The number of anilines is 3. The Morgan fingerprint density at radius 1 is 1.10 bits per heavy atom. The van der Waals surface area contributed by atoms with Crippen LogP contribution in [0.1, 0.15) is 12.8 Å². The van der Waals surface area contributed by atoms with Crippen molar-refractivity contribution in [3.63, 3.8) is 0 Å². The minimum Gasteiger partial charge on any atom is -1.00 e. The third-order valence-electron chi connectivity index (χ3n) is 4.78. The molecule has 1 atom stereocenters. The van der Waals surface area contributed by atoms with E-state index >= 15 is 0 Å². The van der Waals surface area contributed by atoms with Gasteiger partial charge in [0, 0.05) is 24.6 Å². The van der Waals surface area contributed by atoms with Crippen LogP contribution in [-0.4, -0.2) is 43.4 Å². The van der Waals surface area contributed by atoms with E-state index in [-0.39, 0.29) is 18.5 Å². The van der Waals surface area contributed by atoms with Crippen molar-refractivity contribution in [1.29, 1.82) is 0 Å². The number of aromatic nitrogens is 2. The summed E-state index contributed by atoms with van der Waals surface area (Å²) >= 11 is 0. The maximum atomic E-state index is 5.71. The van der Waals surface area contributed by atoms with E-state index < -0.39 is 0 Å². The zero-order valence-electron chi connectivity index (χ0n) is 16.4. The lowest BCUT2D eigenvalue weighted by molar-refractivity contribution is -0.00000760. The predicted octanol–water partition coefficient (Wildman–Crippen LogP) is 0.985. The van der Waals surface area contributed by atoms with Crippen LogP contribution in [0.5, 0.6) is 11.5 Å². The molecule has 0 radical (unpaired) electrons. The van der Waals surface area contributed by atoms with E-state index in [0.717, 1.165) is 54.2 Å². The largest absolute Gasteiger partial charge is 1.00 e. The lowest BCUT2D eigenvalue weighted by Crippen LogP contribution is -3.00. The second kappa shape index (κ2) is 9.62. The average Bonchev–Trinajstić information content (AvgIpc) is 3.26. The molecule has 0 saturated carbocycles. The topological polar surface area (TPSA) is 77.5 Å². The van der Waals surface area contributed by atoms with E-state index in [1.54, 1.807) is 14.2 Å². The monoisotopic (exact) mass is 415 g/mol. The van der Waals surface area contributed by atoms with Gasteiger partial charge in [-0.3, -0.25) is 0 Å². The van der Waals surface area contributed by atoms with Gasteiger partial charge >= 0.3 is 0 Å². The van der Waals surface area contributed by atoms with E-state index in [0.29, 0.717) is 11.7 Å². The number of hydrogen-bond acceptors (Lipinski definition) is 7. The molecule has 0 amide bonds. The van der Waals surface area contributed by atoms with Crippen LogP contribution >= 0.6 is 0 Å². The third kappa shape index (κ3) is 4.81. The Morgan fingerprint density at radius 2 is 1.97 bits per heavy atom. The first-order chi connectivity index (χ1) is 13.8. The fourth-order valence-corrected chi connectivity index (χ4v) is 3.31. The van der Waals surface area contributed by atoms with Crippen LogP contribution in [0.25, 0.3) is 10.9 Å². The normalized spacial score (nSPS) is 15.6. The highest BCUT2D eigenvalue weighted by atomic mass is 35.5. The Bertz CT molecular complexity index is 964. The summed E-state index contributed by atoms with van der Waals surface area (Å²) in [5.74, 6) is 2.67. The highest BCUT2D eigenvalue weighted by molar-refractivity contribution is 5.90. The number of fused-ring (bicyclic) bond motifs is 1. The Labute approximate surface area is 176 Å². The highest BCUT2D eigenvalue weighted by Crippen LogP contribution is 2.32. The molecule has 0 aliphatic carbocycles. The molecule has 2 heterocycles. The number of halogens is 1. The van der Waals surface area contributed by atoms with Crippen molar-refractivity contribution in [1.82, 2.24) is 9.97 Å². The highest BCUT2D eigenvalue weighted by Gasteiger charge is 2.16. The molecule has 1 aliphatic rings. The molecule has 1 aliphatic heterocycles. The molecule has 1 fully saturated rings. The molecule has 3 aromatic rings. The van der Waals surface area contributed by atoms with Crippen molar-refractivity contribution >= 4 is 28.4 Å². The lowest BCUT2D eigenvalue weighted by Gasteiger charge is -2.15. The summed E-state index contributed by atoms with van der Waals surface area (Å²) in [4.78, 5) is 9.35. The maximum absolute atomic E-state index is 5.71. The standard InChI is InChI=1S/C21H24N4O3.ClH/c1-26-14-9-10-18(19(12-14)27-2)24-21-23-17-8-4-3-7-16(17)20(25-21)22-13-15-6-5-11-28-15;/h3-4,7-10,12,15H,5-6,11,13H2,1-2H3,(H2,22,23,24,25);1H/p-1. The number of nitrogens with zero attached hydrogens (tertiary/aromatic N) is 2. The number of para-hydroxylation sites is 1. The molecule has 154 valence electrons. The molecule has 0 bridgehead atoms. The summed E-state index contributed by atoms with van der Waals surface area (Å²) in [7, 11) is 3.25. The fourth-order valence-electron chi connectivity index (χ4n) is 3.31. The Morgan fingerprint density at radius 3 is 2.72 bits per heavy atom. The Balaban J connectivity index is 0.00000240. The van der Waals surface area contributed by atoms with Crippen LogP contribution < -0.4 is 32.5 Å². The van der Waals surface area contributed by atoms with Crippen molar-refractivity contribution in [2.45, 2.75) is 18.9 Å². The molecule has 2 N–H and O–H groups in total. The molecule has 1 aromatic heterocycles. The third-order valence-corrected chi connectivity index (χ3v) is 4.78. The van der Waals surface area contributed by atoms with Crippen molar-refractivity contribution in [2.24, 2.45) is 0 Å². The molecule has 4 rings (SSSR count). The summed E-state index contributed by atoms with van der Waals surface area (Å²) in [6.07, 6.45) is 2.41. The fraction of sp³-hybridized carbons (Fsp3) is 0.333. The molecule has 1 saturated heterocycles. The summed E-state index contributed by atoms with van der Waals surface area (Å²) in [6, 6.07) is 13.5. The molecule has 2 aromatic carbocycles. The van der Waals surface area contributed by atoms with E-state index in [4.69, 9.17) is 19.2 Å². The zero-order valence-corrected chi connectivity index (χ0v) is 17.2. The smallest absolute Gasteiger partial charge is 0.229 e. The van der Waals surface area contributed by atoms with Gasteiger partial charge in [-0.05, 0) is 37.1 Å². The van der Waals surface area contributed by atoms with Gasteiger partial charge in [0.25, 0.3) is 0 Å². The first-order valence-electron chi connectivity index (χ1n) is 9.38. The van der Waals surface area contributed by atoms with Crippen LogP contribution in [0, 0.1) is 0 Å².